The van der Waals surface area contributed by atoms with Crippen molar-refractivity contribution in [3.05, 3.63) is 64.7 Å². The van der Waals surface area contributed by atoms with Crippen molar-refractivity contribution >= 4 is 0 Å². The molecule has 1 saturated carbocycles. The lowest BCUT2D eigenvalue weighted by Gasteiger charge is -2.49. The van der Waals surface area contributed by atoms with Crippen LogP contribution in [-0.2, 0) is 18.3 Å². The molecule has 118 valence electrons. The molecule has 3 aliphatic carbocycles. The fourth-order valence-electron chi connectivity index (χ4n) is 6.09. The summed E-state index contributed by atoms with van der Waals surface area (Å²) in [6.07, 6.45) is 6.28. The van der Waals surface area contributed by atoms with Crippen LogP contribution in [0.5, 0.6) is 5.75 Å². The molecule has 0 bridgehead atoms. The summed E-state index contributed by atoms with van der Waals surface area (Å²) in [6, 6.07) is 15.2. The molecule has 3 aliphatic rings. The third kappa shape index (κ3) is 1.80. The monoisotopic (exact) mass is 304 g/mol. The number of phenolic OH excluding ortho intramolecular Hbond substituents is 1. The van der Waals surface area contributed by atoms with Crippen LogP contribution in [0.2, 0.25) is 0 Å². The molecule has 1 N–H and O–H groups in total. The van der Waals surface area contributed by atoms with Crippen molar-refractivity contribution in [3.63, 3.8) is 0 Å². The number of benzene rings is 2. The molecule has 0 heterocycles. The third-order valence-electron chi connectivity index (χ3n) is 7.17. The van der Waals surface area contributed by atoms with Gasteiger partial charge in [-0.1, -0.05) is 37.3 Å². The van der Waals surface area contributed by atoms with E-state index in [1.54, 1.807) is 11.1 Å². The Morgan fingerprint density at radius 3 is 2.83 bits per heavy atom. The predicted octanol–water partition coefficient (Wildman–Crippen LogP) is 4.96. The van der Waals surface area contributed by atoms with Gasteiger partial charge in [0.2, 0.25) is 0 Å². The summed E-state index contributed by atoms with van der Waals surface area (Å²) in [5, 5.41) is 9.79. The van der Waals surface area contributed by atoms with Crippen LogP contribution in [0, 0.1) is 11.8 Å². The first-order valence-electron chi connectivity index (χ1n) is 9.07. The molecular formula is C22H24O. The van der Waals surface area contributed by atoms with E-state index >= 15 is 0 Å². The largest absolute Gasteiger partial charge is 0.508 e. The molecule has 0 spiro atoms. The molecule has 4 atom stereocenters. The van der Waals surface area contributed by atoms with Gasteiger partial charge in [0, 0.05) is 0 Å². The van der Waals surface area contributed by atoms with Crippen LogP contribution >= 0.6 is 0 Å². The van der Waals surface area contributed by atoms with Gasteiger partial charge in [0.05, 0.1) is 0 Å². The predicted molar refractivity (Wildman–Crippen MR) is 92.9 cm³/mol. The topological polar surface area (TPSA) is 20.2 Å². The summed E-state index contributed by atoms with van der Waals surface area (Å²) in [7, 11) is 0. The molecule has 0 amide bonds. The maximum Gasteiger partial charge on any atom is 0.115 e. The van der Waals surface area contributed by atoms with Crippen molar-refractivity contribution in [1.29, 1.82) is 0 Å². The molecule has 0 saturated heterocycles. The van der Waals surface area contributed by atoms with E-state index in [-0.39, 0.29) is 0 Å². The first-order chi connectivity index (χ1) is 11.2. The molecule has 0 unspecified atom stereocenters. The van der Waals surface area contributed by atoms with Crippen LogP contribution in [0.25, 0.3) is 0 Å². The van der Waals surface area contributed by atoms with E-state index in [0.717, 1.165) is 18.3 Å². The molecule has 5 rings (SSSR count). The standard InChI is InChI=1S/C22H24O/c1-22-11-10-18-17-9-7-16(23)12-14(17)6-8-19(18)21(22)13-15-4-2-3-5-20(15)22/h2-5,7,9,12,18-19,21,23H,6,8,10-11,13H2,1H3/t18-,19-,21+,22-/m1/s1. The number of fused-ring (bicyclic) bond motifs is 7. The van der Waals surface area contributed by atoms with Gasteiger partial charge in [-0.15, -0.1) is 0 Å². The molecular weight excluding hydrogens is 280 g/mol. The quantitative estimate of drug-likeness (QED) is 0.729. The van der Waals surface area contributed by atoms with Crippen molar-refractivity contribution in [1.82, 2.24) is 0 Å². The number of rotatable bonds is 0. The summed E-state index contributed by atoms with van der Waals surface area (Å²) >= 11 is 0. The number of phenols is 1. The molecule has 0 aromatic heterocycles. The first-order valence-corrected chi connectivity index (χ1v) is 9.07. The SMILES string of the molecule is C[C@]12CC[C@@H]3c4ccc(O)cc4CC[C@H]3[C@@H]1Cc1ccccc12. The highest BCUT2D eigenvalue weighted by Crippen LogP contribution is 2.59. The van der Waals surface area contributed by atoms with Gasteiger partial charge in [-0.25, -0.2) is 0 Å². The summed E-state index contributed by atoms with van der Waals surface area (Å²) in [4.78, 5) is 0. The van der Waals surface area contributed by atoms with Gasteiger partial charge in [0.1, 0.15) is 5.75 Å². The number of hydrogen-bond acceptors (Lipinski definition) is 1. The fraction of sp³-hybridized carbons (Fsp3) is 0.455. The molecule has 23 heavy (non-hydrogen) atoms. The minimum absolute atomic E-state index is 0.381. The van der Waals surface area contributed by atoms with E-state index in [9.17, 15) is 5.11 Å². The van der Waals surface area contributed by atoms with Gasteiger partial charge in [-0.2, -0.15) is 0 Å². The van der Waals surface area contributed by atoms with E-state index < -0.39 is 0 Å². The summed E-state index contributed by atoms with van der Waals surface area (Å²) in [5.74, 6) is 2.72. The van der Waals surface area contributed by atoms with Crippen molar-refractivity contribution in [3.8, 4) is 5.75 Å². The van der Waals surface area contributed by atoms with Crippen LogP contribution < -0.4 is 0 Å². The Morgan fingerprint density at radius 2 is 1.91 bits per heavy atom. The van der Waals surface area contributed by atoms with Gasteiger partial charge in [0.15, 0.2) is 0 Å². The van der Waals surface area contributed by atoms with Crippen LogP contribution in [0.3, 0.4) is 0 Å². The Kier molecular flexibility index (Phi) is 2.75. The number of hydrogen-bond donors (Lipinski definition) is 1. The Hall–Kier alpha value is -1.76. The number of aromatic hydroxyl groups is 1. The van der Waals surface area contributed by atoms with E-state index in [1.165, 1.54) is 36.8 Å². The smallest absolute Gasteiger partial charge is 0.115 e. The van der Waals surface area contributed by atoms with Crippen molar-refractivity contribution in [2.24, 2.45) is 11.8 Å². The van der Waals surface area contributed by atoms with Crippen molar-refractivity contribution in [2.75, 3.05) is 0 Å². The first kappa shape index (κ1) is 13.7. The van der Waals surface area contributed by atoms with Crippen LogP contribution in [0.15, 0.2) is 42.5 Å². The van der Waals surface area contributed by atoms with Gasteiger partial charge in [-0.3, -0.25) is 0 Å². The van der Waals surface area contributed by atoms with Crippen LogP contribution in [0.4, 0.5) is 0 Å². The molecule has 1 fully saturated rings. The van der Waals surface area contributed by atoms with E-state index in [1.807, 2.05) is 12.1 Å². The average molecular weight is 304 g/mol. The second-order valence-electron chi connectivity index (χ2n) is 8.12. The lowest BCUT2D eigenvalue weighted by Crippen LogP contribution is -2.43. The highest BCUT2D eigenvalue weighted by Gasteiger charge is 2.52. The Labute approximate surface area is 138 Å². The minimum atomic E-state index is 0.381. The fourth-order valence-corrected chi connectivity index (χ4v) is 6.09. The average Bonchev–Trinajstić information content (AvgIpc) is 2.87. The minimum Gasteiger partial charge on any atom is -0.508 e. The van der Waals surface area contributed by atoms with Crippen molar-refractivity contribution < 1.29 is 5.11 Å². The molecule has 2 aromatic carbocycles. The highest BCUT2D eigenvalue weighted by molar-refractivity contribution is 5.45. The lowest BCUT2D eigenvalue weighted by molar-refractivity contribution is 0.106. The summed E-state index contributed by atoms with van der Waals surface area (Å²) in [6.45, 7) is 2.52. The summed E-state index contributed by atoms with van der Waals surface area (Å²) < 4.78 is 0. The van der Waals surface area contributed by atoms with Crippen molar-refractivity contribution in [2.45, 2.75) is 50.4 Å². The Balaban J connectivity index is 1.57. The zero-order chi connectivity index (χ0) is 15.6. The highest BCUT2D eigenvalue weighted by atomic mass is 16.3. The Bertz CT molecular complexity index is 777. The summed E-state index contributed by atoms with van der Waals surface area (Å²) in [5.41, 5.74) is 6.52. The van der Waals surface area contributed by atoms with E-state index in [2.05, 4.69) is 37.3 Å². The van der Waals surface area contributed by atoms with Crippen LogP contribution in [-0.4, -0.2) is 5.11 Å². The van der Waals surface area contributed by atoms with E-state index in [0.29, 0.717) is 17.1 Å². The Morgan fingerprint density at radius 1 is 1.04 bits per heavy atom. The van der Waals surface area contributed by atoms with Crippen LogP contribution in [0.1, 0.15) is 54.4 Å². The number of aryl methyl sites for hydroxylation is 1. The van der Waals surface area contributed by atoms with Gasteiger partial charge < -0.3 is 5.11 Å². The molecule has 1 heteroatoms. The van der Waals surface area contributed by atoms with Gasteiger partial charge in [-0.05, 0) is 89.7 Å². The zero-order valence-electron chi connectivity index (χ0n) is 13.8. The van der Waals surface area contributed by atoms with Gasteiger partial charge >= 0.3 is 0 Å². The molecule has 2 aromatic rings. The molecule has 0 radical (unpaired) electrons. The second-order valence-corrected chi connectivity index (χ2v) is 8.12. The van der Waals surface area contributed by atoms with Gasteiger partial charge in [0.25, 0.3) is 0 Å². The maximum atomic E-state index is 9.79. The maximum absolute atomic E-state index is 9.79. The molecule has 0 aliphatic heterocycles. The molecule has 1 nitrogen and oxygen atoms in total. The lowest BCUT2D eigenvalue weighted by atomic mass is 9.55. The second kappa shape index (κ2) is 4.63. The van der Waals surface area contributed by atoms with E-state index in [4.69, 9.17) is 0 Å². The third-order valence-corrected chi connectivity index (χ3v) is 7.17. The normalized spacial score (nSPS) is 34.2. The zero-order valence-corrected chi connectivity index (χ0v) is 13.8.